The summed E-state index contributed by atoms with van der Waals surface area (Å²) >= 11 is 3.40. The molecule has 0 aliphatic carbocycles. The fourth-order valence-electron chi connectivity index (χ4n) is 1.60. The molecule has 0 saturated heterocycles. The van der Waals surface area contributed by atoms with Crippen molar-refractivity contribution < 1.29 is 9.47 Å². The van der Waals surface area contributed by atoms with Gasteiger partial charge in [-0.25, -0.2) is 0 Å². The molecule has 0 amide bonds. The smallest absolute Gasteiger partial charge is 0.231 e. The standard InChI is InChI=1S/C11H11BrN2O2/c1-2-14-9(5-13)7-3-8(12)11-10(4-7)15-6-16-11/h3-4,9,14H,2,6H2,1H3. The second kappa shape index (κ2) is 4.73. The Kier molecular flexibility index (Phi) is 3.32. The molecule has 1 aromatic rings. The third-order valence-electron chi connectivity index (χ3n) is 2.32. The van der Waals surface area contributed by atoms with Gasteiger partial charge in [-0.2, -0.15) is 5.26 Å². The number of hydrogen-bond acceptors (Lipinski definition) is 4. The third kappa shape index (κ3) is 1.99. The van der Waals surface area contributed by atoms with Crippen molar-refractivity contribution in [3.05, 3.63) is 22.2 Å². The van der Waals surface area contributed by atoms with E-state index in [1.807, 2.05) is 19.1 Å². The maximum atomic E-state index is 9.05. The number of rotatable bonds is 3. The van der Waals surface area contributed by atoms with E-state index < -0.39 is 0 Å². The molecule has 0 fully saturated rings. The van der Waals surface area contributed by atoms with Crippen LogP contribution >= 0.6 is 15.9 Å². The van der Waals surface area contributed by atoms with Gasteiger partial charge in [0.15, 0.2) is 11.5 Å². The molecule has 1 unspecified atom stereocenters. The highest BCUT2D eigenvalue weighted by Gasteiger charge is 2.20. The number of nitrogens with zero attached hydrogens (tertiary/aromatic N) is 1. The van der Waals surface area contributed by atoms with Crippen LogP contribution in [0.2, 0.25) is 0 Å². The van der Waals surface area contributed by atoms with Crippen LogP contribution in [0.25, 0.3) is 0 Å². The number of benzene rings is 1. The summed E-state index contributed by atoms with van der Waals surface area (Å²) in [6.45, 7) is 2.94. The summed E-state index contributed by atoms with van der Waals surface area (Å²) in [6, 6.07) is 5.60. The van der Waals surface area contributed by atoms with Crippen molar-refractivity contribution in [3.8, 4) is 17.6 Å². The summed E-state index contributed by atoms with van der Waals surface area (Å²) in [5.74, 6) is 1.39. The Bertz CT molecular complexity index is 442. The van der Waals surface area contributed by atoms with E-state index in [9.17, 15) is 0 Å². The molecule has 2 rings (SSSR count). The number of ether oxygens (including phenoxy) is 2. The molecule has 1 heterocycles. The number of fused-ring (bicyclic) bond motifs is 1. The number of halogens is 1. The van der Waals surface area contributed by atoms with E-state index in [1.165, 1.54) is 0 Å². The molecule has 0 aromatic heterocycles. The van der Waals surface area contributed by atoms with Gasteiger partial charge in [-0.1, -0.05) is 6.92 Å². The van der Waals surface area contributed by atoms with E-state index in [0.29, 0.717) is 11.5 Å². The SMILES string of the molecule is CCNC(C#N)c1cc(Br)c2c(c1)OCO2. The van der Waals surface area contributed by atoms with Crippen LogP contribution in [0.5, 0.6) is 11.5 Å². The van der Waals surface area contributed by atoms with Crippen molar-refractivity contribution in [1.29, 1.82) is 5.26 Å². The summed E-state index contributed by atoms with van der Waals surface area (Å²) in [5.41, 5.74) is 0.875. The fraction of sp³-hybridized carbons (Fsp3) is 0.364. The molecule has 0 radical (unpaired) electrons. The van der Waals surface area contributed by atoms with Gasteiger partial charge in [-0.15, -0.1) is 0 Å². The van der Waals surface area contributed by atoms with Gasteiger partial charge in [0.25, 0.3) is 0 Å². The predicted octanol–water partition coefficient (Wildman–Crippen LogP) is 2.35. The first-order valence-electron chi connectivity index (χ1n) is 4.98. The van der Waals surface area contributed by atoms with Crippen molar-refractivity contribution in [1.82, 2.24) is 5.32 Å². The second-order valence-corrected chi connectivity index (χ2v) is 4.21. The summed E-state index contributed by atoms with van der Waals surface area (Å²) < 4.78 is 11.4. The lowest BCUT2D eigenvalue weighted by Crippen LogP contribution is -2.19. The first-order chi connectivity index (χ1) is 7.76. The molecule has 16 heavy (non-hydrogen) atoms. The summed E-state index contributed by atoms with van der Waals surface area (Å²) in [5, 5.41) is 12.1. The van der Waals surface area contributed by atoms with Crippen LogP contribution in [-0.4, -0.2) is 13.3 Å². The van der Waals surface area contributed by atoms with Gasteiger partial charge in [-0.05, 0) is 40.2 Å². The Morgan fingerprint density at radius 1 is 1.56 bits per heavy atom. The summed E-state index contributed by atoms with van der Waals surface area (Å²) in [7, 11) is 0. The molecule has 0 bridgehead atoms. The van der Waals surface area contributed by atoms with Gasteiger partial charge in [0.05, 0.1) is 10.5 Å². The van der Waals surface area contributed by atoms with E-state index in [0.717, 1.165) is 16.6 Å². The molecular formula is C11H11BrN2O2. The highest BCUT2D eigenvalue weighted by molar-refractivity contribution is 9.10. The minimum atomic E-state index is -0.323. The zero-order chi connectivity index (χ0) is 11.5. The predicted molar refractivity (Wildman–Crippen MR) is 62.3 cm³/mol. The van der Waals surface area contributed by atoms with Crippen LogP contribution in [0.3, 0.4) is 0 Å². The highest BCUT2D eigenvalue weighted by Crippen LogP contribution is 2.41. The lowest BCUT2D eigenvalue weighted by atomic mass is 10.1. The lowest BCUT2D eigenvalue weighted by molar-refractivity contribution is 0.173. The van der Waals surface area contributed by atoms with Gasteiger partial charge >= 0.3 is 0 Å². The molecule has 1 aromatic carbocycles. The first-order valence-corrected chi connectivity index (χ1v) is 5.77. The van der Waals surface area contributed by atoms with Crippen LogP contribution in [0, 0.1) is 11.3 Å². The Balaban J connectivity index is 2.36. The lowest BCUT2D eigenvalue weighted by Gasteiger charge is -2.11. The van der Waals surface area contributed by atoms with Crippen LogP contribution in [0.15, 0.2) is 16.6 Å². The van der Waals surface area contributed by atoms with Gasteiger partial charge in [0.2, 0.25) is 6.79 Å². The molecule has 1 atom stereocenters. The zero-order valence-electron chi connectivity index (χ0n) is 8.79. The first kappa shape index (κ1) is 11.2. The van der Waals surface area contributed by atoms with Crippen molar-refractivity contribution >= 4 is 15.9 Å². The number of nitriles is 1. The van der Waals surface area contributed by atoms with Crippen molar-refractivity contribution in [2.75, 3.05) is 13.3 Å². The quantitative estimate of drug-likeness (QED) is 0.925. The average Bonchev–Trinajstić information content (AvgIpc) is 2.74. The van der Waals surface area contributed by atoms with Crippen LogP contribution in [0.4, 0.5) is 0 Å². The molecular weight excluding hydrogens is 272 g/mol. The highest BCUT2D eigenvalue weighted by atomic mass is 79.9. The Morgan fingerprint density at radius 2 is 2.38 bits per heavy atom. The van der Waals surface area contributed by atoms with Gasteiger partial charge in [-0.3, -0.25) is 5.32 Å². The molecule has 1 aliphatic heterocycles. The molecule has 5 heteroatoms. The monoisotopic (exact) mass is 282 g/mol. The maximum absolute atomic E-state index is 9.05. The Hall–Kier alpha value is -1.25. The van der Waals surface area contributed by atoms with E-state index in [4.69, 9.17) is 14.7 Å². The molecule has 1 N–H and O–H groups in total. The average molecular weight is 283 g/mol. The maximum Gasteiger partial charge on any atom is 0.231 e. The molecule has 84 valence electrons. The molecule has 0 spiro atoms. The van der Waals surface area contributed by atoms with Crippen molar-refractivity contribution in [2.24, 2.45) is 0 Å². The second-order valence-electron chi connectivity index (χ2n) is 3.36. The van der Waals surface area contributed by atoms with Crippen LogP contribution < -0.4 is 14.8 Å². The van der Waals surface area contributed by atoms with Crippen LogP contribution in [-0.2, 0) is 0 Å². The number of nitrogens with one attached hydrogen (secondary N) is 1. The largest absolute Gasteiger partial charge is 0.454 e. The minimum absolute atomic E-state index is 0.232. The zero-order valence-corrected chi connectivity index (χ0v) is 10.4. The number of hydrogen-bond donors (Lipinski definition) is 1. The van der Waals surface area contributed by atoms with Crippen molar-refractivity contribution in [3.63, 3.8) is 0 Å². The topological polar surface area (TPSA) is 54.3 Å². The van der Waals surface area contributed by atoms with E-state index in [-0.39, 0.29) is 12.8 Å². The fourth-order valence-corrected chi connectivity index (χ4v) is 2.17. The summed E-state index contributed by atoms with van der Waals surface area (Å²) in [4.78, 5) is 0. The normalized spacial score (nSPS) is 14.6. The van der Waals surface area contributed by atoms with Gasteiger partial charge in [0.1, 0.15) is 6.04 Å². The molecule has 1 aliphatic rings. The molecule has 0 saturated carbocycles. The Morgan fingerprint density at radius 3 is 3.06 bits per heavy atom. The minimum Gasteiger partial charge on any atom is -0.454 e. The Labute approximate surface area is 102 Å². The van der Waals surface area contributed by atoms with Gasteiger partial charge < -0.3 is 9.47 Å². The van der Waals surface area contributed by atoms with E-state index >= 15 is 0 Å². The molecule has 4 nitrogen and oxygen atoms in total. The van der Waals surface area contributed by atoms with E-state index in [2.05, 4.69) is 27.3 Å². The van der Waals surface area contributed by atoms with Crippen LogP contribution in [0.1, 0.15) is 18.5 Å². The van der Waals surface area contributed by atoms with Crippen molar-refractivity contribution in [2.45, 2.75) is 13.0 Å². The van der Waals surface area contributed by atoms with E-state index in [1.54, 1.807) is 0 Å². The van der Waals surface area contributed by atoms with Gasteiger partial charge in [0, 0.05) is 0 Å². The third-order valence-corrected chi connectivity index (χ3v) is 2.91. The summed E-state index contributed by atoms with van der Waals surface area (Å²) in [6.07, 6.45) is 0.